The van der Waals surface area contributed by atoms with Crippen LogP contribution in [0.25, 0.3) is 0 Å². The average molecular weight is 329 g/mol. The van der Waals surface area contributed by atoms with Gasteiger partial charge in [0.1, 0.15) is 0 Å². The van der Waals surface area contributed by atoms with Crippen LogP contribution >= 0.6 is 0 Å². The molecule has 3 N–H and O–H groups in total. The molecule has 126 valence electrons. The lowest BCUT2D eigenvalue weighted by atomic mass is 10.0. The van der Waals surface area contributed by atoms with Crippen LogP contribution in [-0.2, 0) is 15.8 Å². The summed E-state index contributed by atoms with van der Waals surface area (Å²) in [6.07, 6.45) is -4.78. The number of halogens is 3. The van der Waals surface area contributed by atoms with E-state index in [9.17, 15) is 22.8 Å². The molecular formula is C15H18F3N3O2. The number of benzene rings is 1. The van der Waals surface area contributed by atoms with Crippen LogP contribution in [0.15, 0.2) is 24.3 Å². The van der Waals surface area contributed by atoms with Crippen molar-refractivity contribution in [3.8, 4) is 0 Å². The zero-order valence-corrected chi connectivity index (χ0v) is 12.7. The van der Waals surface area contributed by atoms with Crippen molar-refractivity contribution in [3.05, 3.63) is 35.4 Å². The second kappa shape index (κ2) is 6.57. The molecule has 0 radical (unpaired) electrons. The van der Waals surface area contributed by atoms with E-state index in [-0.39, 0.29) is 18.5 Å². The fraction of sp³-hybridized carbons (Fsp3) is 0.467. The molecule has 2 unspecified atom stereocenters. The van der Waals surface area contributed by atoms with Crippen molar-refractivity contribution < 1.29 is 22.8 Å². The Balaban J connectivity index is 2.05. The maximum absolute atomic E-state index is 12.7. The second-order valence-corrected chi connectivity index (χ2v) is 5.57. The van der Waals surface area contributed by atoms with Crippen LogP contribution in [0.1, 0.15) is 37.4 Å². The first-order valence-electron chi connectivity index (χ1n) is 7.20. The molecule has 3 atom stereocenters. The highest BCUT2D eigenvalue weighted by atomic mass is 19.4. The minimum absolute atomic E-state index is 0.00845. The zero-order chi connectivity index (χ0) is 17.2. The van der Waals surface area contributed by atoms with Gasteiger partial charge in [-0.3, -0.25) is 14.9 Å². The van der Waals surface area contributed by atoms with Crippen molar-refractivity contribution >= 4 is 11.8 Å². The van der Waals surface area contributed by atoms with Crippen LogP contribution in [-0.4, -0.2) is 24.0 Å². The molecule has 2 amide bonds. The van der Waals surface area contributed by atoms with Gasteiger partial charge in [-0.2, -0.15) is 13.2 Å². The Labute approximate surface area is 131 Å². The Hall–Kier alpha value is -2.09. The minimum atomic E-state index is -4.43. The van der Waals surface area contributed by atoms with Gasteiger partial charge < -0.3 is 10.6 Å². The Kier molecular flexibility index (Phi) is 4.93. The zero-order valence-electron chi connectivity index (χ0n) is 12.7. The predicted octanol–water partition coefficient (Wildman–Crippen LogP) is 1.71. The lowest BCUT2D eigenvalue weighted by Crippen LogP contribution is -2.59. The van der Waals surface area contributed by atoms with Crippen LogP contribution in [0.5, 0.6) is 0 Å². The maximum atomic E-state index is 12.7. The van der Waals surface area contributed by atoms with Crippen molar-refractivity contribution in [3.63, 3.8) is 0 Å². The van der Waals surface area contributed by atoms with Gasteiger partial charge in [-0.25, -0.2) is 0 Å². The van der Waals surface area contributed by atoms with E-state index in [2.05, 4.69) is 16.0 Å². The lowest BCUT2D eigenvalue weighted by Gasteiger charge is -2.29. The Morgan fingerprint density at radius 1 is 1.39 bits per heavy atom. The van der Waals surface area contributed by atoms with Gasteiger partial charge in [0.25, 0.3) is 0 Å². The largest absolute Gasteiger partial charge is 0.416 e. The molecule has 23 heavy (non-hydrogen) atoms. The van der Waals surface area contributed by atoms with Gasteiger partial charge in [0, 0.05) is 0 Å². The van der Waals surface area contributed by atoms with Gasteiger partial charge in [-0.15, -0.1) is 0 Å². The summed E-state index contributed by atoms with van der Waals surface area (Å²) in [6.45, 7) is 3.30. The number of alkyl halides is 3. The van der Waals surface area contributed by atoms with Gasteiger partial charge in [0.2, 0.25) is 11.8 Å². The third kappa shape index (κ3) is 4.44. The fourth-order valence-electron chi connectivity index (χ4n) is 2.44. The fourth-order valence-corrected chi connectivity index (χ4v) is 2.44. The lowest BCUT2D eigenvalue weighted by molar-refractivity contribution is -0.137. The summed E-state index contributed by atoms with van der Waals surface area (Å²) in [7, 11) is 0. The summed E-state index contributed by atoms with van der Waals surface area (Å²) in [5, 5.41) is 8.17. The van der Waals surface area contributed by atoms with Crippen LogP contribution in [0.3, 0.4) is 0 Å². The number of carbonyl (C=O) groups is 2. The van der Waals surface area contributed by atoms with E-state index in [0.29, 0.717) is 5.56 Å². The van der Waals surface area contributed by atoms with Crippen molar-refractivity contribution in [2.45, 2.75) is 44.7 Å². The summed E-state index contributed by atoms with van der Waals surface area (Å²) < 4.78 is 38.2. The SMILES string of the molecule is CC1NC(=O)CC(C(=O)N[C@H](C)c2cccc(C(F)(F)F)c2)N1. The quantitative estimate of drug-likeness (QED) is 0.791. The molecule has 0 aliphatic carbocycles. The van der Waals surface area contributed by atoms with E-state index >= 15 is 0 Å². The normalized spacial score (nSPS) is 23.1. The molecule has 5 nitrogen and oxygen atoms in total. The molecule has 1 aromatic carbocycles. The first-order valence-corrected chi connectivity index (χ1v) is 7.20. The molecule has 1 aliphatic heterocycles. The number of nitrogens with one attached hydrogen (secondary N) is 3. The van der Waals surface area contributed by atoms with Crippen molar-refractivity contribution in [1.82, 2.24) is 16.0 Å². The number of amides is 2. The summed E-state index contributed by atoms with van der Waals surface area (Å²) in [6, 6.07) is 3.50. The third-order valence-electron chi connectivity index (χ3n) is 3.61. The maximum Gasteiger partial charge on any atom is 0.416 e. The Morgan fingerprint density at radius 3 is 2.70 bits per heavy atom. The highest BCUT2D eigenvalue weighted by molar-refractivity contribution is 5.89. The van der Waals surface area contributed by atoms with Crippen molar-refractivity contribution in [1.29, 1.82) is 0 Å². The molecule has 1 fully saturated rings. The molecule has 1 aliphatic rings. The molecular weight excluding hydrogens is 311 g/mol. The summed E-state index contributed by atoms with van der Waals surface area (Å²) >= 11 is 0. The molecule has 0 spiro atoms. The average Bonchev–Trinajstić information content (AvgIpc) is 2.45. The molecule has 1 saturated heterocycles. The number of carbonyl (C=O) groups excluding carboxylic acids is 2. The minimum Gasteiger partial charge on any atom is -0.348 e. The standard InChI is InChI=1S/C15H18F3N3O2/c1-8(10-4-3-5-11(6-10)15(16,17)18)19-14(23)12-7-13(22)21-9(2)20-12/h3-6,8-9,12,20H,7H2,1-2H3,(H,19,23)(H,21,22)/t8-,9?,12?/m1/s1. The van der Waals surface area contributed by atoms with E-state index in [1.165, 1.54) is 12.1 Å². The summed E-state index contributed by atoms with van der Waals surface area (Å²) in [5.74, 6) is -0.667. The number of hydrogen-bond acceptors (Lipinski definition) is 3. The molecule has 8 heteroatoms. The predicted molar refractivity (Wildman–Crippen MR) is 77.1 cm³/mol. The molecule has 0 saturated carbocycles. The van der Waals surface area contributed by atoms with Gasteiger partial charge in [0.15, 0.2) is 0 Å². The van der Waals surface area contributed by atoms with E-state index in [4.69, 9.17) is 0 Å². The Bertz CT molecular complexity index is 604. The van der Waals surface area contributed by atoms with E-state index in [1.54, 1.807) is 13.8 Å². The van der Waals surface area contributed by atoms with Crippen molar-refractivity contribution in [2.75, 3.05) is 0 Å². The molecule has 1 heterocycles. The van der Waals surface area contributed by atoms with Gasteiger partial charge >= 0.3 is 6.18 Å². The smallest absolute Gasteiger partial charge is 0.348 e. The van der Waals surface area contributed by atoms with Crippen molar-refractivity contribution in [2.24, 2.45) is 0 Å². The second-order valence-electron chi connectivity index (χ2n) is 5.57. The van der Waals surface area contributed by atoms with E-state index < -0.39 is 29.7 Å². The Morgan fingerprint density at radius 2 is 2.09 bits per heavy atom. The highest BCUT2D eigenvalue weighted by Crippen LogP contribution is 2.30. The van der Waals surface area contributed by atoms with Crippen LogP contribution in [0.4, 0.5) is 13.2 Å². The van der Waals surface area contributed by atoms with Crippen LogP contribution in [0, 0.1) is 0 Å². The molecule has 2 rings (SSSR count). The van der Waals surface area contributed by atoms with E-state index in [1.807, 2.05) is 0 Å². The number of hydrogen-bond donors (Lipinski definition) is 3. The third-order valence-corrected chi connectivity index (χ3v) is 3.61. The first-order chi connectivity index (χ1) is 10.7. The van der Waals surface area contributed by atoms with Gasteiger partial charge in [-0.05, 0) is 31.5 Å². The van der Waals surface area contributed by atoms with Gasteiger partial charge in [0.05, 0.1) is 30.2 Å². The summed E-state index contributed by atoms with van der Waals surface area (Å²) in [4.78, 5) is 23.6. The van der Waals surface area contributed by atoms with E-state index in [0.717, 1.165) is 12.1 Å². The summed E-state index contributed by atoms with van der Waals surface area (Å²) in [5.41, 5.74) is -0.415. The first kappa shape index (κ1) is 17.3. The number of rotatable bonds is 3. The highest BCUT2D eigenvalue weighted by Gasteiger charge is 2.32. The van der Waals surface area contributed by atoms with Crippen LogP contribution in [0.2, 0.25) is 0 Å². The molecule has 0 bridgehead atoms. The topological polar surface area (TPSA) is 70.2 Å². The molecule has 1 aromatic rings. The van der Waals surface area contributed by atoms with Crippen LogP contribution < -0.4 is 16.0 Å². The molecule has 0 aromatic heterocycles. The monoisotopic (exact) mass is 329 g/mol. The van der Waals surface area contributed by atoms with Gasteiger partial charge in [-0.1, -0.05) is 12.1 Å².